The molecule has 4 nitrogen and oxygen atoms in total. The molecule has 2 atom stereocenters. The molecular weight excluding hydrogens is 292 g/mol. The fourth-order valence-electron chi connectivity index (χ4n) is 3.96. The van der Waals surface area contributed by atoms with Gasteiger partial charge in [-0.2, -0.15) is 0 Å². The molecule has 1 aliphatic rings. The summed E-state index contributed by atoms with van der Waals surface area (Å²) in [4.78, 5) is 22.2. The molecule has 0 aromatic carbocycles. The summed E-state index contributed by atoms with van der Waals surface area (Å²) in [5, 5.41) is 18.3. The van der Waals surface area contributed by atoms with Gasteiger partial charge in [-0.3, -0.25) is 9.59 Å². The van der Waals surface area contributed by atoms with Crippen LogP contribution >= 0.6 is 0 Å². The van der Waals surface area contributed by atoms with E-state index in [0.29, 0.717) is 6.42 Å². The van der Waals surface area contributed by atoms with Gasteiger partial charge in [0.05, 0.1) is 5.92 Å². The maximum absolute atomic E-state index is 11.5. The number of carboxylic acid groups (broad SMARTS) is 2. The van der Waals surface area contributed by atoms with E-state index >= 15 is 0 Å². The summed E-state index contributed by atoms with van der Waals surface area (Å²) in [5.74, 6) is -1.57. The van der Waals surface area contributed by atoms with Crippen molar-refractivity contribution in [1.82, 2.24) is 0 Å². The molecule has 0 aromatic heterocycles. The van der Waals surface area contributed by atoms with E-state index in [1.54, 1.807) is 0 Å². The lowest BCUT2D eigenvalue weighted by molar-refractivity contribution is -0.144. The van der Waals surface area contributed by atoms with Crippen molar-refractivity contribution >= 4 is 11.9 Å². The van der Waals surface area contributed by atoms with Crippen molar-refractivity contribution < 1.29 is 19.8 Å². The van der Waals surface area contributed by atoms with Gasteiger partial charge in [0.15, 0.2) is 0 Å². The summed E-state index contributed by atoms with van der Waals surface area (Å²) in [7, 11) is 0. The van der Waals surface area contributed by atoms with Crippen molar-refractivity contribution in [3.05, 3.63) is 0 Å². The van der Waals surface area contributed by atoms with Crippen LogP contribution in [-0.2, 0) is 9.59 Å². The van der Waals surface area contributed by atoms with Gasteiger partial charge >= 0.3 is 11.9 Å². The highest BCUT2D eigenvalue weighted by atomic mass is 16.4. The molecule has 0 radical (unpaired) electrons. The van der Waals surface area contributed by atoms with Gasteiger partial charge in [-0.05, 0) is 43.4 Å². The van der Waals surface area contributed by atoms with E-state index in [4.69, 9.17) is 5.11 Å². The lowest BCUT2D eigenvalue weighted by atomic mass is 9.74. The lowest BCUT2D eigenvalue weighted by Gasteiger charge is -2.30. The van der Waals surface area contributed by atoms with Crippen LogP contribution in [0.4, 0.5) is 0 Å². The zero-order chi connectivity index (χ0) is 17.3. The molecule has 0 amide bonds. The summed E-state index contributed by atoms with van der Waals surface area (Å²) < 4.78 is 0. The summed E-state index contributed by atoms with van der Waals surface area (Å²) in [6, 6.07) is 0. The predicted molar refractivity (Wildman–Crippen MR) is 91.4 cm³/mol. The number of hydrogen-bond acceptors (Lipinski definition) is 2. The maximum atomic E-state index is 11.5. The van der Waals surface area contributed by atoms with Crippen LogP contribution in [0.2, 0.25) is 0 Å². The number of rotatable bonds is 14. The molecule has 4 heteroatoms. The molecular formula is C19H34O4. The zero-order valence-electron chi connectivity index (χ0n) is 14.9. The normalized spacial score (nSPS) is 18.3. The quantitative estimate of drug-likeness (QED) is 0.435. The van der Waals surface area contributed by atoms with Gasteiger partial charge in [-0.25, -0.2) is 0 Å². The maximum Gasteiger partial charge on any atom is 0.306 e. The summed E-state index contributed by atoms with van der Waals surface area (Å²) in [6.07, 6.45) is 12.2. The number of hydrogen-bond donors (Lipinski definition) is 2. The van der Waals surface area contributed by atoms with Crippen molar-refractivity contribution in [2.24, 2.45) is 17.3 Å². The average Bonchev–Trinajstić information content (AvgIpc) is 3.26. The Hall–Kier alpha value is -1.06. The molecule has 1 aliphatic carbocycles. The van der Waals surface area contributed by atoms with Crippen LogP contribution in [0.3, 0.4) is 0 Å². The molecule has 2 unspecified atom stereocenters. The van der Waals surface area contributed by atoms with Crippen LogP contribution < -0.4 is 0 Å². The van der Waals surface area contributed by atoms with Gasteiger partial charge in [-0.15, -0.1) is 0 Å². The smallest absolute Gasteiger partial charge is 0.306 e. The fraction of sp³-hybridized carbons (Fsp3) is 0.895. The fourth-order valence-corrected chi connectivity index (χ4v) is 3.96. The van der Waals surface area contributed by atoms with Crippen LogP contribution in [0.15, 0.2) is 0 Å². The summed E-state index contributed by atoms with van der Waals surface area (Å²) >= 11 is 0. The highest BCUT2D eigenvalue weighted by Crippen LogP contribution is 2.59. The molecule has 0 aromatic rings. The second-order valence-corrected chi connectivity index (χ2v) is 7.40. The first-order valence-corrected chi connectivity index (χ1v) is 9.37. The van der Waals surface area contributed by atoms with Gasteiger partial charge in [0.25, 0.3) is 0 Å². The summed E-state index contributed by atoms with van der Waals surface area (Å²) in [6.45, 7) is 4.04. The van der Waals surface area contributed by atoms with Crippen LogP contribution in [0.25, 0.3) is 0 Å². The Kier molecular flexibility index (Phi) is 8.64. The Morgan fingerprint density at radius 1 is 1.00 bits per heavy atom. The Balaban J connectivity index is 2.48. The second-order valence-electron chi connectivity index (χ2n) is 7.40. The first-order valence-electron chi connectivity index (χ1n) is 9.37. The SMILES string of the molecule is CCCCCCCCC(C(C)C(=O)O)C1(CCCC(=O)O)CC1. The van der Waals surface area contributed by atoms with E-state index in [2.05, 4.69) is 6.92 Å². The van der Waals surface area contributed by atoms with Crippen LogP contribution in [0, 0.1) is 17.3 Å². The van der Waals surface area contributed by atoms with Gasteiger partial charge in [0.1, 0.15) is 0 Å². The molecule has 2 N–H and O–H groups in total. The molecule has 134 valence electrons. The van der Waals surface area contributed by atoms with Crippen molar-refractivity contribution in [3.8, 4) is 0 Å². The van der Waals surface area contributed by atoms with E-state index in [9.17, 15) is 14.7 Å². The summed E-state index contributed by atoms with van der Waals surface area (Å²) in [5.41, 5.74) is 0.108. The number of unbranched alkanes of at least 4 members (excludes halogenated alkanes) is 5. The van der Waals surface area contributed by atoms with Crippen molar-refractivity contribution in [3.63, 3.8) is 0 Å². The second kappa shape index (κ2) is 9.94. The lowest BCUT2D eigenvalue weighted by Crippen LogP contribution is -2.29. The van der Waals surface area contributed by atoms with Crippen molar-refractivity contribution in [2.45, 2.75) is 90.9 Å². The van der Waals surface area contributed by atoms with Gasteiger partial charge < -0.3 is 10.2 Å². The molecule has 1 saturated carbocycles. The first-order chi connectivity index (χ1) is 10.9. The van der Waals surface area contributed by atoms with E-state index in [1.165, 1.54) is 32.1 Å². The largest absolute Gasteiger partial charge is 0.481 e. The van der Waals surface area contributed by atoms with Crippen LogP contribution in [0.1, 0.15) is 90.9 Å². The highest BCUT2D eigenvalue weighted by Gasteiger charge is 2.51. The zero-order valence-corrected chi connectivity index (χ0v) is 14.9. The molecule has 0 saturated heterocycles. The minimum absolute atomic E-state index is 0.108. The van der Waals surface area contributed by atoms with Gasteiger partial charge in [0, 0.05) is 6.42 Å². The first kappa shape index (κ1) is 20.0. The Labute approximate surface area is 140 Å². The predicted octanol–water partition coefficient (Wildman–Crippen LogP) is 5.11. The van der Waals surface area contributed by atoms with Gasteiger partial charge in [-0.1, -0.05) is 52.4 Å². The molecule has 1 fully saturated rings. The van der Waals surface area contributed by atoms with Crippen molar-refractivity contribution in [2.75, 3.05) is 0 Å². The van der Waals surface area contributed by atoms with E-state index in [1.807, 2.05) is 6.92 Å². The molecule has 0 aliphatic heterocycles. The molecule has 0 bridgehead atoms. The molecule has 0 spiro atoms. The minimum atomic E-state index is -0.750. The van der Waals surface area contributed by atoms with Crippen LogP contribution in [-0.4, -0.2) is 22.2 Å². The standard InChI is InChI=1S/C19H34O4/c1-3-4-5-6-7-8-10-16(15(2)18(22)23)19(13-14-19)12-9-11-17(20)21/h15-16H,3-14H2,1-2H3,(H,20,21)(H,22,23). The van der Waals surface area contributed by atoms with E-state index in [-0.39, 0.29) is 23.7 Å². The third kappa shape index (κ3) is 6.92. The topological polar surface area (TPSA) is 74.6 Å². The Morgan fingerprint density at radius 3 is 2.13 bits per heavy atom. The Bertz CT molecular complexity index is 374. The van der Waals surface area contributed by atoms with Crippen molar-refractivity contribution in [1.29, 1.82) is 0 Å². The number of carbonyl (C=O) groups is 2. The third-order valence-electron chi connectivity index (χ3n) is 5.61. The number of carboxylic acids is 2. The highest BCUT2D eigenvalue weighted by molar-refractivity contribution is 5.70. The van der Waals surface area contributed by atoms with Gasteiger partial charge in [0.2, 0.25) is 0 Å². The molecule has 23 heavy (non-hydrogen) atoms. The van der Waals surface area contributed by atoms with E-state index in [0.717, 1.165) is 32.1 Å². The third-order valence-corrected chi connectivity index (χ3v) is 5.61. The Morgan fingerprint density at radius 2 is 1.61 bits per heavy atom. The van der Waals surface area contributed by atoms with Crippen LogP contribution in [0.5, 0.6) is 0 Å². The monoisotopic (exact) mass is 326 g/mol. The molecule has 1 rings (SSSR count). The van der Waals surface area contributed by atoms with E-state index < -0.39 is 11.9 Å². The average molecular weight is 326 g/mol. The minimum Gasteiger partial charge on any atom is -0.481 e. The molecule has 0 heterocycles. The number of aliphatic carboxylic acids is 2.